The molecule has 0 atom stereocenters. The van der Waals surface area contributed by atoms with Crippen LogP contribution in [-0.2, 0) is 9.84 Å². The molecular formula is C12H7ClFN3O2S. The van der Waals surface area contributed by atoms with Gasteiger partial charge in [-0.15, -0.1) is 0 Å². The standard InChI is InChI=1S/C12H7ClFN3O2S/c13-12-11-10(16-6-17-12)9(5-15-11)20(18,19)8-4-2-1-3-7(8)14/h1-6,15H. The van der Waals surface area contributed by atoms with Gasteiger partial charge in [0, 0.05) is 6.20 Å². The molecule has 1 N–H and O–H groups in total. The van der Waals surface area contributed by atoms with Crippen LogP contribution in [0.3, 0.4) is 0 Å². The van der Waals surface area contributed by atoms with E-state index in [0.717, 1.165) is 12.4 Å². The van der Waals surface area contributed by atoms with Crippen LogP contribution in [0.25, 0.3) is 11.0 Å². The Bertz CT molecular complexity index is 908. The number of hydrogen-bond donors (Lipinski definition) is 1. The van der Waals surface area contributed by atoms with Crippen molar-refractivity contribution in [2.45, 2.75) is 9.79 Å². The van der Waals surface area contributed by atoms with Crippen LogP contribution in [0, 0.1) is 5.82 Å². The van der Waals surface area contributed by atoms with Gasteiger partial charge in [-0.25, -0.2) is 22.8 Å². The van der Waals surface area contributed by atoms with E-state index in [2.05, 4.69) is 15.0 Å². The quantitative estimate of drug-likeness (QED) is 0.738. The summed E-state index contributed by atoms with van der Waals surface area (Å²) in [6, 6.07) is 5.16. The molecule has 0 fully saturated rings. The third-order valence-corrected chi connectivity index (χ3v) is 4.88. The second-order valence-corrected chi connectivity index (χ2v) is 6.22. The minimum absolute atomic E-state index is 0.102. The Morgan fingerprint density at radius 3 is 2.65 bits per heavy atom. The summed E-state index contributed by atoms with van der Waals surface area (Å²) in [5.41, 5.74) is 0.428. The first-order valence-corrected chi connectivity index (χ1v) is 7.35. The predicted octanol–water partition coefficient (Wildman–Crippen LogP) is 2.58. The van der Waals surface area contributed by atoms with Gasteiger partial charge in [-0.1, -0.05) is 23.7 Å². The maximum absolute atomic E-state index is 13.7. The lowest BCUT2D eigenvalue weighted by molar-refractivity contribution is 0.567. The number of sulfone groups is 1. The van der Waals surface area contributed by atoms with Gasteiger partial charge in [-0.05, 0) is 12.1 Å². The smallest absolute Gasteiger partial charge is 0.213 e. The number of aromatic amines is 1. The number of nitrogens with zero attached hydrogens (tertiary/aromatic N) is 2. The summed E-state index contributed by atoms with van der Waals surface area (Å²) in [7, 11) is -4.02. The van der Waals surface area contributed by atoms with E-state index in [9.17, 15) is 12.8 Å². The molecule has 2 aromatic heterocycles. The average Bonchev–Trinajstić information content (AvgIpc) is 2.85. The van der Waals surface area contributed by atoms with Gasteiger partial charge in [0.15, 0.2) is 5.15 Å². The van der Waals surface area contributed by atoms with Crippen molar-refractivity contribution < 1.29 is 12.8 Å². The highest BCUT2D eigenvalue weighted by molar-refractivity contribution is 7.91. The van der Waals surface area contributed by atoms with Crippen LogP contribution >= 0.6 is 11.6 Å². The Labute approximate surface area is 118 Å². The predicted molar refractivity (Wildman–Crippen MR) is 70.8 cm³/mol. The van der Waals surface area contributed by atoms with E-state index in [1.54, 1.807) is 0 Å². The third kappa shape index (κ3) is 1.86. The molecule has 2 heterocycles. The first-order valence-electron chi connectivity index (χ1n) is 5.49. The molecule has 102 valence electrons. The van der Waals surface area contributed by atoms with Gasteiger partial charge in [0.2, 0.25) is 9.84 Å². The summed E-state index contributed by atoms with van der Waals surface area (Å²) in [4.78, 5) is 9.79. The van der Waals surface area contributed by atoms with E-state index < -0.39 is 20.5 Å². The van der Waals surface area contributed by atoms with E-state index in [1.165, 1.54) is 24.4 Å². The Morgan fingerprint density at radius 2 is 1.90 bits per heavy atom. The van der Waals surface area contributed by atoms with Gasteiger partial charge >= 0.3 is 0 Å². The highest BCUT2D eigenvalue weighted by Gasteiger charge is 2.26. The van der Waals surface area contributed by atoms with Crippen LogP contribution in [0.5, 0.6) is 0 Å². The lowest BCUT2D eigenvalue weighted by atomic mass is 10.3. The highest BCUT2D eigenvalue weighted by Crippen LogP contribution is 2.30. The van der Waals surface area contributed by atoms with Crippen LogP contribution in [-0.4, -0.2) is 23.4 Å². The molecule has 20 heavy (non-hydrogen) atoms. The summed E-state index contributed by atoms with van der Waals surface area (Å²) in [5.74, 6) is -0.818. The van der Waals surface area contributed by atoms with Crippen molar-refractivity contribution in [2.24, 2.45) is 0 Å². The molecule has 0 spiro atoms. The molecule has 0 aliphatic carbocycles. The zero-order valence-corrected chi connectivity index (χ0v) is 11.4. The van der Waals surface area contributed by atoms with E-state index >= 15 is 0 Å². The van der Waals surface area contributed by atoms with Crippen molar-refractivity contribution in [2.75, 3.05) is 0 Å². The molecule has 3 rings (SSSR count). The Balaban J connectivity index is 2.31. The van der Waals surface area contributed by atoms with E-state index in [0.29, 0.717) is 5.52 Å². The van der Waals surface area contributed by atoms with Crippen LogP contribution in [0.2, 0.25) is 5.15 Å². The van der Waals surface area contributed by atoms with Crippen LogP contribution in [0.15, 0.2) is 46.6 Å². The lowest BCUT2D eigenvalue weighted by Crippen LogP contribution is -2.04. The monoisotopic (exact) mass is 311 g/mol. The Kier molecular flexibility index (Phi) is 2.95. The van der Waals surface area contributed by atoms with Crippen molar-refractivity contribution in [1.29, 1.82) is 0 Å². The third-order valence-electron chi connectivity index (χ3n) is 2.80. The van der Waals surface area contributed by atoms with Crippen LogP contribution in [0.1, 0.15) is 0 Å². The number of aromatic nitrogens is 3. The van der Waals surface area contributed by atoms with Crippen LogP contribution in [0.4, 0.5) is 4.39 Å². The van der Waals surface area contributed by atoms with Gasteiger partial charge < -0.3 is 4.98 Å². The largest absolute Gasteiger partial charge is 0.356 e. The van der Waals surface area contributed by atoms with E-state index in [4.69, 9.17) is 11.6 Å². The zero-order valence-electron chi connectivity index (χ0n) is 9.84. The number of benzene rings is 1. The molecule has 5 nitrogen and oxygen atoms in total. The van der Waals surface area contributed by atoms with Gasteiger partial charge in [0.25, 0.3) is 0 Å². The molecule has 0 amide bonds. The highest BCUT2D eigenvalue weighted by atomic mass is 35.5. The van der Waals surface area contributed by atoms with Crippen molar-refractivity contribution >= 4 is 32.5 Å². The first kappa shape index (κ1) is 13.0. The maximum Gasteiger partial charge on any atom is 0.213 e. The lowest BCUT2D eigenvalue weighted by Gasteiger charge is -2.03. The van der Waals surface area contributed by atoms with Crippen molar-refractivity contribution in [1.82, 2.24) is 15.0 Å². The minimum atomic E-state index is -4.02. The second kappa shape index (κ2) is 4.53. The molecule has 0 saturated carbocycles. The first-order chi connectivity index (χ1) is 9.51. The maximum atomic E-state index is 13.7. The summed E-state index contributed by atoms with van der Waals surface area (Å²) in [6.07, 6.45) is 2.38. The number of nitrogens with one attached hydrogen (secondary N) is 1. The van der Waals surface area contributed by atoms with Gasteiger partial charge in [-0.2, -0.15) is 0 Å². The van der Waals surface area contributed by atoms with Crippen molar-refractivity contribution in [3.63, 3.8) is 0 Å². The normalized spacial score (nSPS) is 11.9. The topological polar surface area (TPSA) is 75.7 Å². The summed E-state index contributed by atoms with van der Waals surface area (Å²) < 4.78 is 38.7. The summed E-state index contributed by atoms with van der Waals surface area (Å²) >= 11 is 5.85. The number of fused-ring (bicyclic) bond motifs is 1. The molecule has 0 aliphatic rings. The fourth-order valence-corrected chi connectivity index (χ4v) is 3.50. The minimum Gasteiger partial charge on any atom is -0.356 e. The van der Waals surface area contributed by atoms with Crippen molar-refractivity contribution in [3.8, 4) is 0 Å². The fourth-order valence-electron chi connectivity index (χ4n) is 1.87. The summed E-state index contributed by atoms with van der Waals surface area (Å²) in [5, 5.41) is 0.102. The molecule has 3 aromatic rings. The molecule has 1 aromatic carbocycles. The molecule has 0 bridgehead atoms. The average molecular weight is 312 g/mol. The second-order valence-electron chi connectivity index (χ2n) is 3.97. The van der Waals surface area contributed by atoms with Gasteiger partial charge in [0.1, 0.15) is 33.0 Å². The zero-order chi connectivity index (χ0) is 14.3. The van der Waals surface area contributed by atoms with E-state index in [1.807, 2.05) is 0 Å². The molecular weight excluding hydrogens is 305 g/mol. The molecule has 0 saturated heterocycles. The molecule has 0 radical (unpaired) electrons. The number of rotatable bonds is 2. The number of halogens is 2. The van der Waals surface area contributed by atoms with Crippen LogP contribution < -0.4 is 0 Å². The molecule has 8 heteroatoms. The number of hydrogen-bond acceptors (Lipinski definition) is 4. The Morgan fingerprint density at radius 1 is 1.15 bits per heavy atom. The Hall–Kier alpha value is -1.99. The summed E-state index contributed by atoms with van der Waals surface area (Å²) in [6.45, 7) is 0. The molecule has 0 aliphatic heterocycles. The fraction of sp³-hybridized carbons (Fsp3) is 0. The number of H-pyrrole nitrogens is 1. The molecule has 0 unspecified atom stereocenters. The van der Waals surface area contributed by atoms with Gasteiger partial charge in [0.05, 0.1) is 0 Å². The SMILES string of the molecule is O=S(=O)(c1ccccc1F)c1c[nH]c2c(Cl)ncnc12. The van der Waals surface area contributed by atoms with E-state index in [-0.39, 0.29) is 15.6 Å². The van der Waals surface area contributed by atoms with Gasteiger partial charge in [-0.3, -0.25) is 0 Å². The van der Waals surface area contributed by atoms with Crippen molar-refractivity contribution in [3.05, 3.63) is 47.8 Å².